The first-order valence-corrected chi connectivity index (χ1v) is 10.5. The Hall–Kier alpha value is -3.09. The molecule has 0 bridgehead atoms. The van der Waals surface area contributed by atoms with Crippen LogP contribution in [0.4, 0.5) is 0 Å². The molecule has 11 nitrogen and oxygen atoms in total. The minimum atomic E-state index is -1.66. The van der Waals surface area contributed by atoms with Crippen molar-refractivity contribution >= 4 is 5.97 Å². The number of aliphatic hydroxyl groups is 4. The van der Waals surface area contributed by atoms with Crippen LogP contribution in [0.1, 0.15) is 21.5 Å². The number of carboxylic acids is 1. The molecule has 1 heterocycles. The summed E-state index contributed by atoms with van der Waals surface area (Å²) in [6.45, 7) is -0.634. The van der Waals surface area contributed by atoms with E-state index < -0.39 is 49.0 Å². The van der Waals surface area contributed by atoms with Gasteiger partial charge in [-0.3, -0.25) is 0 Å². The molecule has 0 aromatic heterocycles. The summed E-state index contributed by atoms with van der Waals surface area (Å²) in [5, 5.41) is 59.3. The van der Waals surface area contributed by atoms with Crippen molar-refractivity contribution in [1.82, 2.24) is 0 Å². The normalized spacial score (nSPS) is 24.5. The highest BCUT2D eigenvalue weighted by Gasteiger charge is 2.44. The molecule has 1 fully saturated rings. The Morgan fingerprint density at radius 2 is 1.68 bits per heavy atom. The Bertz CT molecular complexity index is 1010. The fourth-order valence-electron chi connectivity index (χ4n) is 3.78. The van der Waals surface area contributed by atoms with Crippen molar-refractivity contribution in [3.8, 4) is 23.0 Å². The number of hydrogen-bond donors (Lipinski definition) is 6. The van der Waals surface area contributed by atoms with Crippen LogP contribution in [0.5, 0.6) is 23.0 Å². The van der Waals surface area contributed by atoms with E-state index in [-0.39, 0.29) is 23.3 Å². The van der Waals surface area contributed by atoms with Gasteiger partial charge in [0, 0.05) is 6.07 Å². The van der Waals surface area contributed by atoms with E-state index in [4.69, 9.17) is 18.9 Å². The zero-order valence-corrected chi connectivity index (χ0v) is 18.6. The van der Waals surface area contributed by atoms with Crippen LogP contribution in [0.2, 0.25) is 0 Å². The van der Waals surface area contributed by atoms with E-state index in [1.165, 1.54) is 20.3 Å². The zero-order chi connectivity index (χ0) is 25.0. The summed E-state index contributed by atoms with van der Waals surface area (Å²) >= 11 is 0. The highest BCUT2D eigenvalue weighted by Crippen LogP contribution is 2.33. The molecule has 0 radical (unpaired) electrons. The maximum absolute atomic E-state index is 11.8. The van der Waals surface area contributed by atoms with Crippen molar-refractivity contribution in [2.24, 2.45) is 0 Å². The largest absolute Gasteiger partial charge is 0.507 e. The van der Waals surface area contributed by atoms with Gasteiger partial charge >= 0.3 is 5.97 Å². The number of phenols is 1. The van der Waals surface area contributed by atoms with Crippen LogP contribution < -0.4 is 14.2 Å². The second-order valence-corrected chi connectivity index (χ2v) is 7.79. The van der Waals surface area contributed by atoms with Crippen LogP contribution in [0.15, 0.2) is 30.3 Å². The zero-order valence-electron chi connectivity index (χ0n) is 18.6. The molecule has 3 rings (SSSR count). The van der Waals surface area contributed by atoms with Crippen molar-refractivity contribution in [2.45, 2.75) is 43.5 Å². The maximum Gasteiger partial charge on any atom is 0.339 e. The summed E-state index contributed by atoms with van der Waals surface area (Å²) in [5.41, 5.74) is 0.775. The van der Waals surface area contributed by atoms with Crippen LogP contribution in [-0.2, 0) is 17.6 Å². The number of methoxy groups -OCH3 is 2. The van der Waals surface area contributed by atoms with Crippen LogP contribution in [0.25, 0.3) is 0 Å². The predicted octanol–water partition coefficient (Wildman–Crippen LogP) is 0.0715. The Labute approximate surface area is 195 Å². The molecule has 0 saturated carbocycles. The number of aryl methyl sites for hydroxylation is 2. The van der Waals surface area contributed by atoms with E-state index in [1.54, 1.807) is 18.2 Å². The van der Waals surface area contributed by atoms with Crippen molar-refractivity contribution in [3.63, 3.8) is 0 Å². The van der Waals surface area contributed by atoms with Gasteiger partial charge in [0.25, 0.3) is 0 Å². The van der Waals surface area contributed by atoms with Crippen LogP contribution in [0, 0.1) is 0 Å². The molecule has 6 N–H and O–H groups in total. The maximum atomic E-state index is 11.8. The lowest BCUT2D eigenvalue weighted by atomic mass is 9.98. The predicted molar refractivity (Wildman–Crippen MR) is 116 cm³/mol. The van der Waals surface area contributed by atoms with Crippen LogP contribution in [0.3, 0.4) is 0 Å². The molecule has 0 aliphatic carbocycles. The molecule has 1 unspecified atom stereocenters. The minimum absolute atomic E-state index is 0.0332. The van der Waals surface area contributed by atoms with E-state index in [1.807, 2.05) is 0 Å². The molecule has 1 aliphatic heterocycles. The summed E-state index contributed by atoms with van der Waals surface area (Å²) in [6, 6.07) is 7.71. The van der Waals surface area contributed by atoms with E-state index in [2.05, 4.69) is 0 Å². The number of aromatic carboxylic acids is 1. The van der Waals surface area contributed by atoms with Gasteiger partial charge in [0.15, 0.2) is 11.5 Å². The monoisotopic (exact) mass is 480 g/mol. The lowest BCUT2D eigenvalue weighted by Gasteiger charge is -2.39. The van der Waals surface area contributed by atoms with Gasteiger partial charge in [0.1, 0.15) is 41.5 Å². The lowest BCUT2D eigenvalue weighted by Crippen LogP contribution is -2.60. The van der Waals surface area contributed by atoms with Gasteiger partial charge in [-0.05, 0) is 42.2 Å². The van der Waals surface area contributed by atoms with E-state index in [0.29, 0.717) is 17.9 Å². The Kier molecular flexibility index (Phi) is 8.18. The molecule has 11 heteroatoms. The van der Waals surface area contributed by atoms with Crippen molar-refractivity contribution in [3.05, 3.63) is 47.0 Å². The van der Waals surface area contributed by atoms with Gasteiger partial charge in [0.2, 0.25) is 6.29 Å². The first-order chi connectivity index (χ1) is 16.2. The Balaban J connectivity index is 1.85. The number of carboxylic acid groups (broad SMARTS) is 1. The van der Waals surface area contributed by atoms with Gasteiger partial charge in [-0.1, -0.05) is 6.07 Å². The summed E-state index contributed by atoms with van der Waals surface area (Å²) in [5.74, 6) is -0.865. The highest BCUT2D eigenvalue weighted by molar-refractivity contribution is 5.93. The SMILES string of the molecule is COc1ccc(CCc2cc(OC3O[C@H](CO)[C@@H](O)[C@H](O)[C@H]3O)cc(O)c2C(=O)O)cc1OC. The quantitative estimate of drug-likeness (QED) is 0.286. The number of rotatable bonds is 9. The second kappa shape index (κ2) is 10.9. The molecule has 1 saturated heterocycles. The highest BCUT2D eigenvalue weighted by atomic mass is 16.7. The van der Waals surface area contributed by atoms with Crippen molar-refractivity contribution in [1.29, 1.82) is 0 Å². The molecular formula is C23H28O11. The summed E-state index contributed by atoms with van der Waals surface area (Å²) in [7, 11) is 3.02. The summed E-state index contributed by atoms with van der Waals surface area (Å²) < 4.78 is 21.4. The van der Waals surface area contributed by atoms with Gasteiger partial charge in [0.05, 0.1) is 20.8 Å². The minimum Gasteiger partial charge on any atom is -0.507 e. The first kappa shape index (κ1) is 25.5. The van der Waals surface area contributed by atoms with Crippen LogP contribution >= 0.6 is 0 Å². The number of aliphatic hydroxyl groups excluding tert-OH is 4. The van der Waals surface area contributed by atoms with E-state index in [9.17, 15) is 35.4 Å². The number of benzene rings is 2. The Morgan fingerprint density at radius 1 is 0.971 bits per heavy atom. The number of ether oxygens (including phenoxy) is 4. The van der Waals surface area contributed by atoms with Gasteiger partial charge in [-0.15, -0.1) is 0 Å². The second-order valence-electron chi connectivity index (χ2n) is 7.79. The summed E-state index contributed by atoms with van der Waals surface area (Å²) in [4.78, 5) is 11.8. The van der Waals surface area contributed by atoms with E-state index in [0.717, 1.165) is 11.6 Å². The van der Waals surface area contributed by atoms with Gasteiger partial charge in [-0.2, -0.15) is 0 Å². The van der Waals surface area contributed by atoms with Crippen molar-refractivity contribution < 1.29 is 54.4 Å². The molecular weight excluding hydrogens is 452 g/mol. The molecule has 5 atom stereocenters. The average Bonchev–Trinajstić information content (AvgIpc) is 2.82. The smallest absolute Gasteiger partial charge is 0.339 e. The average molecular weight is 480 g/mol. The van der Waals surface area contributed by atoms with Gasteiger partial charge in [-0.25, -0.2) is 4.79 Å². The third-order valence-electron chi connectivity index (χ3n) is 5.62. The fourth-order valence-corrected chi connectivity index (χ4v) is 3.78. The molecule has 186 valence electrons. The van der Waals surface area contributed by atoms with Gasteiger partial charge < -0.3 is 49.6 Å². The standard InChI is InChI=1S/C23H28O11/c1-31-15-6-4-11(7-16(15)32-2)3-5-12-8-13(9-14(25)18(12)22(29)30)33-23-21(28)20(27)19(26)17(10-24)34-23/h4,6-9,17,19-21,23-28H,3,5,10H2,1-2H3,(H,29,30)/t17-,19-,20+,21-,23?/m1/s1. The third-order valence-corrected chi connectivity index (χ3v) is 5.62. The fraction of sp³-hybridized carbons (Fsp3) is 0.435. The molecule has 0 amide bonds. The van der Waals surface area contributed by atoms with E-state index >= 15 is 0 Å². The lowest BCUT2D eigenvalue weighted by molar-refractivity contribution is -0.277. The molecule has 2 aromatic rings. The topological polar surface area (TPSA) is 175 Å². The Morgan fingerprint density at radius 3 is 2.29 bits per heavy atom. The molecule has 0 spiro atoms. The first-order valence-electron chi connectivity index (χ1n) is 10.5. The van der Waals surface area contributed by atoms with Crippen LogP contribution in [-0.4, -0.2) is 88.1 Å². The summed E-state index contributed by atoms with van der Waals surface area (Å²) in [6.07, 6.45) is -6.93. The molecule has 1 aliphatic rings. The third kappa shape index (κ3) is 5.34. The molecule has 2 aromatic carbocycles. The number of hydrogen-bond acceptors (Lipinski definition) is 10. The number of carbonyl (C=O) groups is 1. The number of aromatic hydroxyl groups is 1. The molecule has 34 heavy (non-hydrogen) atoms. The van der Waals surface area contributed by atoms with Crippen molar-refractivity contribution in [2.75, 3.05) is 20.8 Å².